The van der Waals surface area contributed by atoms with E-state index in [-0.39, 0.29) is 11.8 Å². The van der Waals surface area contributed by atoms with Gasteiger partial charge in [0.25, 0.3) is 0 Å². The van der Waals surface area contributed by atoms with Crippen molar-refractivity contribution >= 4 is 33.6 Å². The van der Waals surface area contributed by atoms with Crippen molar-refractivity contribution in [2.24, 2.45) is 0 Å². The van der Waals surface area contributed by atoms with E-state index in [0.717, 1.165) is 10.0 Å². The van der Waals surface area contributed by atoms with E-state index in [4.69, 9.17) is 0 Å². The summed E-state index contributed by atoms with van der Waals surface area (Å²) in [5, 5.41) is 12.7. The molecule has 0 aromatic heterocycles. The average molecular weight is 323 g/mol. The van der Waals surface area contributed by atoms with Crippen LogP contribution in [0.25, 0.3) is 0 Å². The van der Waals surface area contributed by atoms with E-state index < -0.39 is 0 Å². The summed E-state index contributed by atoms with van der Waals surface area (Å²) >= 11 is 4.81. The van der Waals surface area contributed by atoms with Crippen LogP contribution in [-0.4, -0.2) is 12.2 Å². The highest BCUT2D eigenvalue weighted by Gasteiger charge is 2.28. The molecule has 2 rings (SSSR count). The SMILES string of the molecule is CSC1=C(C#N)[C@@H](c2cccc(Br)c2)CC(=O)N1. The summed E-state index contributed by atoms with van der Waals surface area (Å²) < 4.78 is 0.953. The molecule has 92 valence electrons. The highest BCUT2D eigenvalue weighted by Crippen LogP contribution is 2.35. The van der Waals surface area contributed by atoms with Crippen LogP contribution in [0.2, 0.25) is 0 Å². The van der Waals surface area contributed by atoms with E-state index in [2.05, 4.69) is 27.3 Å². The number of halogens is 1. The Morgan fingerprint density at radius 1 is 1.56 bits per heavy atom. The number of amides is 1. The predicted octanol–water partition coefficient (Wildman–Crippen LogP) is 3.15. The van der Waals surface area contributed by atoms with Gasteiger partial charge in [0.2, 0.25) is 5.91 Å². The number of benzene rings is 1. The number of nitriles is 1. The fourth-order valence-corrected chi connectivity index (χ4v) is 3.03. The van der Waals surface area contributed by atoms with Gasteiger partial charge in [-0.2, -0.15) is 5.26 Å². The molecule has 0 fully saturated rings. The summed E-state index contributed by atoms with van der Waals surface area (Å²) in [6, 6.07) is 9.97. The first-order chi connectivity index (χ1) is 8.65. The van der Waals surface area contributed by atoms with Crippen LogP contribution >= 0.6 is 27.7 Å². The van der Waals surface area contributed by atoms with Crippen LogP contribution in [0.1, 0.15) is 17.9 Å². The van der Waals surface area contributed by atoms with E-state index in [1.165, 1.54) is 11.8 Å². The van der Waals surface area contributed by atoms with Gasteiger partial charge in [-0.15, -0.1) is 11.8 Å². The third-order valence-electron chi connectivity index (χ3n) is 2.81. The highest BCUT2D eigenvalue weighted by molar-refractivity contribution is 9.10. The molecule has 1 amide bonds. The zero-order chi connectivity index (χ0) is 13.1. The van der Waals surface area contributed by atoms with Crippen molar-refractivity contribution in [2.75, 3.05) is 6.26 Å². The number of carbonyl (C=O) groups is 1. The molecule has 1 aromatic rings. The van der Waals surface area contributed by atoms with Gasteiger partial charge in [-0.25, -0.2) is 0 Å². The van der Waals surface area contributed by atoms with Crippen molar-refractivity contribution in [1.29, 1.82) is 5.26 Å². The lowest BCUT2D eigenvalue weighted by Crippen LogP contribution is -2.30. The van der Waals surface area contributed by atoms with Gasteiger partial charge in [0.1, 0.15) is 0 Å². The zero-order valence-corrected chi connectivity index (χ0v) is 12.1. The number of thioether (sulfide) groups is 1. The van der Waals surface area contributed by atoms with Crippen molar-refractivity contribution in [3.63, 3.8) is 0 Å². The van der Waals surface area contributed by atoms with Crippen LogP contribution in [0.15, 0.2) is 39.3 Å². The Morgan fingerprint density at radius 3 is 2.94 bits per heavy atom. The molecule has 0 spiro atoms. The summed E-state index contributed by atoms with van der Waals surface area (Å²) in [5.41, 5.74) is 1.63. The molecule has 1 heterocycles. The first-order valence-corrected chi connectivity index (χ1v) is 7.41. The quantitative estimate of drug-likeness (QED) is 0.910. The van der Waals surface area contributed by atoms with Crippen LogP contribution in [-0.2, 0) is 4.79 Å². The largest absolute Gasteiger partial charge is 0.320 e. The van der Waals surface area contributed by atoms with Crippen molar-refractivity contribution < 1.29 is 4.79 Å². The van der Waals surface area contributed by atoms with Gasteiger partial charge in [0.15, 0.2) is 0 Å². The Balaban J connectivity index is 2.48. The lowest BCUT2D eigenvalue weighted by Gasteiger charge is -2.24. The Bertz CT molecular complexity index is 562. The minimum absolute atomic E-state index is 0.0386. The lowest BCUT2D eigenvalue weighted by molar-refractivity contribution is -0.120. The van der Waals surface area contributed by atoms with Crippen LogP contribution in [0.4, 0.5) is 0 Å². The molecular weight excluding hydrogens is 312 g/mol. The number of allylic oxidation sites excluding steroid dienone is 1. The van der Waals surface area contributed by atoms with Gasteiger partial charge in [0, 0.05) is 16.8 Å². The van der Waals surface area contributed by atoms with E-state index in [1.54, 1.807) is 0 Å². The van der Waals surface area contributed by atoms with Crippen molar-refractivity contribution in [2.45, 2.75) is 12.3 Å². The number of rotatable bonds is 2. The monoisotopic (exact) mass is 322 g/mol. The van der Waals surface area contributed by atoms with Gasteiger partial charge in [-0.1, -0.05) is 28.1 Å². The number of nitrogens with one attached hydrogen (secondary N) is 1. The molecule has 0 aliphatic carbocycles. The molecule has 0 radical (unpaired) electrons. The minimum Gasteiger partial charge on any atom is -0.320 e. The highest BCUT2D eigenvalue weighted by atomic mass is 79.9. The number of carbonyl (C=O) groups excluding carboxylic acids is 1. The van der Waals surface area contributed by atoms with Crippen LogP contribution in [0.5, 0.6) is 0 Å². The normalized spacial score (nSPS) is 19.4. The standard InChI is InChI=1S/C13H11BrN2OS/c1-18-13-11(7-15)10(6-12(17)16-13)8-3-2-4-9(14)5-8/h2-5,10H,6H2,1H3,(H,16,17)/t10-/m1/s1. The molecule has 1 aromatic carbocycles. The summed E-state index contributed by atoms with van der Waals surface area (Å²) in [5.74, 6) is -0.188. The Kier molecular flexibility index (Phi) is 4.10. The first-order valence-electron chi connectivity index (χ1n) is 5.39. The maximum atomic E-state index is 11.7. The first kappa shape index (κ1) is 13.2. The Morgan fingerprint density at radius 2 is 2.33 bits per heavy atom. The predicted molar refractivity (Wildman–Crippen MR) is 75.8 cm³/mol. The fraction of sp³-hybridized carbons (Fsp3) is 0.231. The van der Waals surface area contributed by atoms with Gasteiger partial charge < -0.3 is 5.32 Å². The van der Waals surface area contributed by atoms with Crippen molar-refractivity contribution in [3.8, 4) is 6.07 Å². The molecule has 1 aliphatic rings. The number of nitrogens with zero attached hydrogens (tertiary/aromatic N) is 1. The maximum Gasteiger partial charge on any atom is 0.225 e. The molecule has 0 unspecified atom stereocenters. The summed E-state index contributed by atoms with van der Waals surface area (Å²) in [6.45, 7) is 0. The topological polar surface area (TPSA) is 52.9 Å². The summed E-state index contributed by atoms with van der Waals surface area (Å²) in [6.07, 6.45) is 2.18. The second-order valence-corrected chi connectivity index (χ2v) is 5.65. The second-order valence-electron chi connectivity index (χ2n) is 3.92. The van der Waals surface area contributed by atoms with Crippen LogP contribution in [0, 0.1) is 11.3 Å². The van der Waals surface area contributed by atoms with Gasteiger partial charge in [0.05, 0.1) is 16.7 Å². The molecule has 0 saturated carbocycles. The molecule has 0 saturated heterocycles. The van der Waals surface area contributed by atoms with Gasteiger partial charge >= 0.3 is 0 Å². The van der Waals surface area contributed by atoms with Crippen LogP contribution in [0.3, 0.4) is 0 Å². The molecule has 1 aliphatic heterocycles. The molecular formula is C13H11BrN2OS. The molecule has 3 nitrogen and oxygen atoms in total. The lowest BCUT2D eigenvalue weighted by atomic mass is 9.87. The number of hydrogen-bond acceptors (Lipinski definition) is 3. The second kappa shape index (κ2) is 5.59. The van der Waals surface area contributed by atoms with E-state index in [1.807, 2.05) is 30.5 Å². The van der Waals surface area contributed by atoms with Crippen molar-refractivity contribution in [3.05, 3.63) is 44.9 Å². The molecule has 1 atom stereocenters. The Labute approximate surface area is 118 Å². The van der Waals surface area contributed by atoms with Crippen molar-refractivity contribution in [1.82, 2.24) is 5.32 Å². The molecule has 18 heavy (non-hydrogen) atoms. The average Bonchev–Trinajstić information content (AvgIpc) is 2.37. The smallest absolute Gasteiger partial charge is 0.225 e. The fourth-order valence-electron chi connectivity index (χ4n) is 1.99. The van der Waals surface area contributed by atoms with E-state index in [0.29, 0.717) is 17.0 Å². The molecule has 0 bridgehead atoms. The third kappa shape index (κ3) is 2.60. The van der Waals surface area contributed by atoms with Gasteiger partial charge in [-0.3, -0.25) is 4.79 Å². The van der Waals surface area contributed by atoms with E-state index in [9.17, 15) is 10.1 Å². The maximum absolute atomic E-state index is 11.7. The summed E-state index contributed by atoms with van der Waals surface area (Å²) in [7, 11) is 0. The van der Waals surface area contributed by atoms with Crippen LogP contribution < -0.4 is 5.32 Å². The van der Waals surface area contributed by atoms with E-state index >= 15 is 0 Å². The van der Waals surface area contributed by atoms with Gasteiger partial charge in [-0.05, 0) is 24.0 Å². The molecule has 1 N–H and O–H groups in total. The minimum atomic E-state index is -0.149. The third-order valence-corrected chi connectivity index (χ3v) is 4.03. The number of hydrogen-bond donors (Lipinski definition) is 1. The molecule has 5 heteroatoms. The Hall–Kier alpha value is -1.25. The zero-order valence-electron chi connectivity index (χ0n) is 9.74. The summed E-state index contributed by atoms with van der Waals surface area (Å²) in [4.78, 5) is 11.7.